The highest BCUT2D eigenvalue weighted by Gasteiger charge is 2.08. The Bertz CT molecular complexity index is 1000. The summed E-state index contributed by atoms with van der Waals surface area (Å²) in [7, 11) is 0. The molecule has 0 bridgehead atoms. The molecule has 0 fully saturated rings. The Hall–Kier alpha value is -4.13. The lowest BCUT2D eigenvalue weighted by Gasteiger charge is -2.08. The predicted molar refractivity (Wildman–Crippen MR) is 116 cm³/mol. The largest absolute Gasteiger partial charge is 0.437 e. The molecule has 3 aromatic rings. The summed E-state index contributed by atoms with van der Waals surface area (Å²) in [5.74, 6) is 0.380. The highest BCUT2D eigenvalue weighted by molar-refractivity contribution is 6.00. The summed E-state index contributed by atoms with van der Waals surface area (Å²) in [5.41, 5.74) is 2.59. The minimum Gasteiger partial charge on any atom is -0.410 e. The first-order valence-corrected chi connectivity index (χ1v) is 9.38. The van der Waals surface area contributed by atoms with Gasteiger partial charge in [-0.2, -0.15) is 0 Å². The van der Waals surface area contributed by atoms with Gasteiger partial charge in [0, 0.05) is 11.4 Å². The summed E-state index contributed by atoms with van der Waals surface area (Å²) in [6.45, 7) is 1.90. The van der Waals surface area contributed by atoms with E-state index >= 15 is 0 Å². The van der Waals surface area contributed by atoms with Gasteiger partial charge in [0.05, 0.1) is 5.71 Å². The summed E-state index contributed by atoms with van der Waals surface area (Å²) >= 11 is 0. The van der Waals surface area contributed by atoms with Crippen LogP contribution in [0.25, 0.3) is 0 Å². The number of anilines is 2. The number of para-hydroxylation sites is 2. The van der Waals surface area contributed by atoms with Gasteiger partial charge in [-0.25, -0.2) is 9.59 Å². The number of carbonyl (C=O) groups excluding carboxylic acids is 2. The van der Waals surface area contributed by atoms with Gasteiger partial charge < -0.3 is 4.74 Å². The lowest BCUT2D eigenvalue weighted by molar-refractivity contribution is 0.166. The van der Waals surface area contributed by atoms with Crippen molar-refractivity contribution in [3.63, 3.8) is 0 Å². The Morgan fingerprint density at radius 2 is 1.30 bits per heavy atom. The minimum atomic E-state index is -0.676. The van der Waals surface area contributed by atoms with E-state index in [1.165, 1.54) is 0 Å². The number of benzene rings is 3. The number of oxime groups is 1. The van der Waals surface area contributed by atoms with E-state index in [1.54, 1.807) is 60.7 Å². The first-order chi connectivity index (χ1) is 14.6. The van der Waals surface area contributed by atoms with Crippen LogP contribution in [-0.2, 0) is 4.84 Å². The third-order valence-corrected chi connectivity index (χ3v) is 4.01. The van der Waals surface area contributed by atoms with E-state index < -0.39 is 12.2 Å². The van der Waals surface area contributed by atoms with Crippen LogP contribution in [0.3, 0.4) is 0 Å². The van der Waals surface area contributed by atoms with Crippen molar-refractivity contribution < 1.29 is 19.2 Å². The summed E-state index contributed by atoms with van der Waals surface area (Å²) in [4.78, 5) is 28.8. The smallest absolute Gasteiger partial charge is 0.410 e. The molecule has 0 heterocycles. The van der Waals surface area contributed by atoms with Gasteiger partial charge in [-0.3, -0.25) is 15.5 Å². The van der Waals surface area contributed by atoms with Crippen LogP contribution in [0.1, 0.15) is 18.9 Å². The Labute approximate surface area is 174 Å². The van der Waals surface area contributed by atoms with Gasteiger partial charge in [-0.1, -0.05) is 48.5 Å². The average Bonchev–Trinajstić information content (AvgIpc) is 2.76. The van der Waals surface area contributed by atoms with Crippen molar-refractivity contribution in [2.24, 2.45) is 5.16 Å². The molecule has 3 aromatic carbocycles. The van der Waals surface area contributed by atoms with Gasteiger partial charge in [0.2, 0.25) is 0 Å². The Morgan fingerprint density at radius 1 is 0.767 bits per heavy atom. The number of nitrogens with zero attached hydrogens (tertiary/aromatic N) is 1. The standard InChI is InChI=1S/C23H21N3O4/c1-2-21(26-30-23(28)25-19-11-7-4-8-12-19)17-13-15-20(16-14-17)29-22(27)24-18-9-5-3-6-10-18/h3-16H,2H2,1H3,(H,24,27)(H,25,28)/b26-21-. The molecule has 2 amide bonds. The number of hydrogen-bond donors (Lipinski definition) is 2. The molecule has 0 aliphatic heterocycles. The van der Waals surface area contributed by atoms with Crippen molar-refractivity contribution >= 4 is 29.3 Å². The molecule has 0 spiro atoms. The SMILES string of the molecule is CC/C(=N/OC(=O)Nc1ccccc1)c1ccc(OC(=O)Nc2ccccc2)cc1. The molecule has 30 heavy (non-hydrogen) atoms. The van der Waals surface area contributed by atoms with Crippen LogP contribution in [0.2, 0.25) is 0 Å². The van der Waals surface area contributed by atoms with E-state index in [9.17, 15) is 9.59 Å². The third kappa shape index (κ3) is 6.20. The van der Waals surface area contributed by atoms with Crippen LogP contribution in [0, 0.1) is 0 Å². The molecule has 0 aromatic heterocycles. The summed E-state index contributed by atoms with van der Waals surface area (Å²) < 4.78 is 5.27. The number of nitrogens with one attached hydrogen (secondary N) is 2. The van der Waals surface area contributed by atoms with Crippen LogP contribution in [0.15, 0.2) is 90.1 Å². The first-order valence-electron chi connectivity index (χ1n) is 9.38. The summed E-state index contributed by atoms with van der Waals surface area (Å²) in [6.07, 6.45) is -0.711. The number of rotatable bonds is 6. The fourth-order valence-electron chi connectivity index (χ4n) is 2.57. The van der Waals surface area contributed by atoms with E-state index in [2.05, 4.69) is 15.8 Å². The van der Waals surface area contributed by atoms with Crippen molar-refractivity contribution in [2.45, 2.75) is 13.3 Å². The Kier molecular flexibility index (Phi) is 7.16. The maximum atomic E-state index is 12.0. The van der Waals surface area contributed by atoms with Gasteiger partial charge in [0.15, 0.2) is 0 Å². The molecular formula is C23H21N3O4. The molecule has 152 valence electrons. The minimum absolute atomic E-state index is 0.380. The molecule has 0 radical (unpaired) electrons. The zero-order chi connectivity index (χ0) is 21.2. The van der Waals surface area contributed by atoms with E-state index in [0.717, 1.165) is 5.56 Å². The fourth-order valence-corrected chi connectivity index (χ4v) is 2.57. The lowest BCUT2D eigenvalue weighted by atomic mass is 10.1. The fraction of sp³-hybridized carbons (Fsp3) is 0.0870. The molecule has 0 aliphatic carbocycles. The zero-order valence-corrected chi connectivity index (χ0v) is 16.4. The molecular weight excluding hydrogens is 382 g/mol. The second-order valence-corrected chi connectivity index (χ2v) is 6.17. The van der Waals surface area contributed by atoms with Crippen molar-refractivity contribution in [1.82, 2.24) is 0 Å². The van der Waals surface area contributed by atoms with Crippen LogP contribution < -0.4 is 15.4 Å². The second-order valence-electron chi connectivity index (χ2n) is 6.17. The third-order valence-electron chi connectivity index (χ3n) is 4.01. The van der Waals surface area contributed by atoms with Crippen molar-refractivity contribution in [2.75, 3.05) is 10.6 Å². The monoisotopic (exact) mass is 403 g/mol. The quantitative estimate of drug-likeness (QED) is 0.316. The zero-order valence-electron chi connectivity index (χ0n) is 16.4. The molecule has 0 aliphatic rings. The molecule has 0 unspecified atom stereocenters. The van der Waals surface area contributed by atoms with E-state index in [-0.39, 0.29) is 0 Å². The Morgan fingerprint density at radius 3 is 1.83 bits per heavy atom. The van der Waals surface area contributed by atoms with Crippen LogP contribution in [0.4, 0.5) is 21.0 Å². The van der Waals surface area contributed by atoms with Crippen molar-refractivity contribution in [1.29, 1.82) is 0 Å². The lowest BCUT2D eigenvalue weighted by Crippen LogP contribution is -2.16. The highest BCUT2D eigenvalue weighted by Crippen LogP contribution is 2.16. The van der Waals surface area contributed by atoms with Gasteiger partial charge in [-0.05, 0) is 60.5 Å². The first kappa shape index (κ1) is 20.6. The Balaban J connectivity index is 1.57. The van der Waals surface area contributed by atoms with E-state index in [0.29, 0.717) is 29.3 Å². The van der Waals surface area contributed by atoms with E-state index in [4.69, 9.17) is 9.57 Å². The molecule has 7 nitrogen and oxygen atoms in total. The predicted octanol–water partition coefficient (Wildman–Crippen LogP) is 5.66. The molecule has 0 atom stereocenters. The molecule has 0 saturated heterocycles. The van der Waals surface area contributed by atoms with Gasteiger partial charge >= 0.3 is 12.2 Å². The normalized spacial score (nSPS) is 10.8. The van der Waals surface area contributed by atoms with Gasteiger partial charge in [0.25, 0.3) is 0 Å². The number of ether oxygens (including phenoxy) is 1. The maximum absolute atomic E-state index is 12.0. The molecule has 2 N–H and O–H groups in total. The summed E-state index contributed by atoms with van der Waals surface area (Å²) in [5, 5.41) is 9.17. The average molecular weight is 403 g/mol. The van der Waals surface area contributed by atoms with Crippen molar-refractivity contribution in [3.8, 4) is 5.75 Å². The highest BCUT2D eigenvalue weighted by atomic mass is 16.7. The summed E-state index contributed by atoms with van der Waals surface area (Å²) in [6, 6.07) is 24.8. The number of amides is 2. The number of carbonyl (C=O) groups is 2. The van der Waals surface area contributed by atoms with E-state index in [1.807, 2.05) is 31.2 Å². The molecule has 7 heteroatoms. The van der Waals surface area contributed by atoms with Gasteiger partial charge in [0.1, 0.15) is 5.75 Å². The van der Waals surface area contributed by atoms with Crippen LogP contribution >= 0.6 is 0 Å². The van der Waals surface area contributed by atoms with Crippen LogP contribution in [-0.4, -0.2) is 17.9 Å². The second kappa shape index (κ2) is 10.4. The van der Waals surface area contributed by atoms with Gasteiger partial charge in [-0.15, -0.1) is 0 Å². The maximum Gasteiger partial charge on any atom is 0.437 e. The number of hydrogen-bond acceptors (Lipinski definition) is 5. The van der Waals surface area contributed by atoms with Crippen molar-refractivity contribution in [3.05, 3.63) is 90.5 Å². The molecule has 3 rings (SSSR count). The topological polar surface area (TPSA) is 89.0 Å². The molecule has 0 saturated carbocycles. The van der Waals surface area contributed by atoms with Crippen LogP contribution in [0.5, 0.6) is 5.75 Å².